The quantitative estimate of drug-likeness (QED) is 0.0814. The van der Waals surface area contributed by atoms with E-state index in [9.17, 15) is 24.0 Å². The molecule has 7 N–H and O–H groups in total. The van der Waals surface area contributed by atoms with Gasteiger partial charge in [-0.05, 0) is 12.1 Å². The van der Waals surface area contributed by atoms with Gasteiger partial charge in [0, 0.05) is 52.7 Å². The summed E-state index contributed by atoms with van der Waals surface area (Å²) >= 11 is 3.90. The van der Waals surface area contributed by atoms with Crippen LogP contribution in [-0.2, 0) is 25.9 Å². The van der Waals surface area contributed by atoms with Crippen LogP contribution in [0, 0.1) is 5.41 Å². The van der Waals surface area contributed by atoms with Crippen molar-refractivity contribution >= 4 is 64.8 Å². The van der Waals surface area contributed by atoms with Crippen LogP contribution in [0.5, 0.6) is 0 Å². The third kappa shape index (κ3) is 6.12. The number of hydrogen-bond donors (Lipinski definition) is 7. The third-order valence-corrected chi connectivity index (χ3v) is 5.72. The number of amides is 4. The fourth-order valence-electron chi connectivity index (χ4n) is 3.79. The van der Waals surface area contributed by atoms with Gasteiger partial charge in [-0.2, -0.15) is 0 Å². The number of aryl methyl sites for hydroxylation is 3. The lowest BCUT2D eigenvalue weighted by Gasteiger charge is -2.08. The molecule has 0 saturated carbocycles. The summed E-state index contributed by atoms with van der Waals surface area (Å²) in [7, 11) is 4.75. The molecule has 0 unspecified atom stereocenters. The minimum absolute atomic E-state index is 0.0545. The zero-order valence-corrected chi connectivity index (χ0v) is 21.7. The van der Waals surface area contributed by atoms with Gasteiger partial charge in [0.25, 0.3) is 17.7 Å². The van der Waals surface area contributed by atoms with E-state index < -0.39 is 22.8 Å². The van der Waals surface area contributed by atoms with Crippen LogP contribution in [0.15, 0.2) is 30.7 Å². The maximum absolute atomic E-state index is 13.2. The third-order valence-electron chi connectivity index (χ3n) is 5.50. The number of carbonyl (C=O) groups is 5. The first-order chi connectivity index (χ1) is 17.9. The van der Waals surface area contributed by atoms with E-state index >= 15 is 0 Å². The highest BCUT2D eigenvalue weighted by Gasteiger charge is 2.26. The summed E-state index contributed by atoms with van der Waals surface area (Å²) in [6, 6.07) is 2.90. The molecule has 3 rings (SSSR count). The van der Waals surface area contributed by atoms with E-state index in [0.29, 0.717) is 12.1 Å². The van der Waals surface area contributed by atoms with Gasteiger partial charge in [-0.1, -0.05) is 0 Å². The van der Waals surface area contributed by atoms with Crippen molar-refractivity contribution < 1.29 is 24.0 Å². The number of nitrogens with one attached hydrogen (secondary N) is 5. The van der Waals surface area contributed by atoms with Gasteiger partial charge in [0.1, 0.15) is 17.1 Å². The Balaban J connectivity index is 1.82. The van der Waals surface area contributed by atoms with Crippen LogP contribution in [0.4, 0.5) is 17.1 Å². The second-order valence-corrected chi connectivity index (χ2v) is 8.74. The van der Waals surface area contributed by atoms with Crippen LogP contribution in [0.1, 0.15) is 48.2 Å². The van der Waals surface area contributed by atoms with Crippen LogP contribution in [0.2, 0.25) is 0 Å². The second-order valence-electron chi connectivity index (χ2n) is 8.33. The zero-order valence-electron chi connectivity index (χ0n) is 20.8. The molecule has 3 aromatic rings. The van der Waals surface area contributed by atoms with Gasteiger partial charge in [-0.15, -0.1) is 12.6 Å². The Bertz CT molecular complexity index is 1450. The summed E-state index contributed by atoms with van der Waals surface area (Å²) in [6.45, 7) is 0.184. The largest absolute Gasteiger partial charge is 0.388 e. The molecule has 0 bridgehead atoms. The van der Waals surface area contributed by atoms with Crippen molar-refractivity contribution in [3.8, 4) is 0 Å². The Morgan fingerprint density at radius 1 is 0.921 bits per heavy atom. The molecular formula is C23H27N9O5S. The first kappa shape index (κ1) is 27.8. The second kappa shape index (κ2) is 11.5. The highest BCUT2D eigenvalue weighted by Crippen LogP contribution is 2.26. The fraction of sp³-hybridized carbons (Fsp3) is 0.217. The van der Waals surface area contributed by atoms with Gasteiger partial charge in [-0.3, -0.25) is 29.4 Å². The number of rotatable bonds is 11. The van der Waals surface area contributed by atoms with Gasteiger partial charge in [0.15, 0.2) is 0 Å². The van der Waals surface area contributed by atoms with E-state index in [-0.39, 0.29) is 52.8 Å². The lowest BCUT2D eigenvalue weighted by Crippen LogP contribution is -2.28. The molecule has 0 fully saturated rings. The number of anilines is 3. The van der Waals surface area contributed by atoms with Crippen LogP contribution in [0.3, 0.4) is 0 Å². The molecular weight excluding hydrogens is 514 g/mol. The van der Waals surface area contributed by atoms with Gasteiger partial charge < -0.3 is 40.7 Å². The van der Waals surface area contributed by atoms with Crippen molar-refractivity contribution in [3.63, 3.8) is 0 Å². The predicted molar refractivity (Wildman–Crippen MR) is 144 cm³/mol. The van der Waals surface area contributed by atoms with Crippen molar-refractivity contribution in [3.05, 3.63) is 53.4 Å². The SMILES string of the molecule is Cn1cc(NC(=O)c2c(C(=O)S)c(NC(=O)c3cc(NC=O)cn3C)cn2C)cc1C(=O)NCCC(=N)N. The number of nitrogens with two attached hydrogens (primary N) is 1. The number of carbonyl (C=O) groups excluding carboxylic acids is 5. The van der Waals surface area contributed by atoms with Crippen molar-refractivity contribution in [2.75, 3.05) is 22.5 Å². The van der Waals surface area contributed by atoms with E-state index in [4.69, 9.17) is 11.1 Å². The molecule has 0 aliphatic rings. The van der Waals surface area contributed by atoms with Crippen molar-refractivity contribution in [1.82, 2.24) is 19.0 Å². The van der Waals surface area contributed by atoms with E-state index in [2.05, 4.69) is 33.9 Å². The molecule has 15 heteroatoms. The summed E-state index contributed by atoms with van der Waals surface area (Å²) in [5.74, 6) is -1.73. The molecule has 0 atom stereocenters. The molecule has 0 saturated heterocycles. The van der Waals surface area contributed by atoms with Crippen molar-refractivity contribution in [2.24, 2.45) is 26.9 Å². The lowest BCUT2D eigenvalue weighted by atomic mass is 10.2. The molecule has 200 valence electrons. The molecule has 0 aliphatic carbocycles. The van der Waals surface area contributed by atoms with Gasteiger partial charge >= 0.3 is 0 Å². The fourth-order valence-corrected chi connectivity index (χ4v) is 4.01. The molecule has 38 heavy (non-hydrogen) atoms. The summed E-state index contributed by atoms with van der Waals surface area (Å²) in [6.07, 6.45) is 5.14. The highest BCUT2D eigenvalue weighted by molar-refractivity contribution is 7.97. The Morgan fingerprint density at radius 3 is 2.13 bits per heavy atom. The first-order valence-corrected chi connectivity index (χ1v) is 11.6. The number of thiol groups is 1. The molecule has 3 aromatic heterocycles. The average Bonchev–Trinajstić information content (AvgIpc) is 3.47. The first-order valence-electron chi connectivity index (χ1n) is 11.1. The highest BCUT2D eigenvalue weighted by atomic mass is 32.1. The van der Waals surface area contributed by atoms with Gasteiger partial charge in [0.2, 0.25) is 11.5 Å². The molecule has 14 nitrogen and oxygen atoms in total. The summed E-state index contributed by atoms with van der Waals surface area (Å²) in [5, 5.41) is 16.8. The molecule has 0 spiro atoms. The molecule has 0 aliphatic heterocycles. The maximum atomic E-state index is 13.2. The van der Waals surface area contributed by atoms with E-state index in [1.165, 1.54) is 51.5 Å². The smallest absolute Gasteiger partial charge is 0.273 e. The standard InChI is InChI=1S/C23H27N9O5S/c1-30-8-12(27-11-33)6-16(30)21(35)29-14-10-32(3)19(18(14)23(37)38)22(36)28-13-7-15(31(2)9-13)20(34)26-5-4-17(24)25/h6-11H,4-5H2,1-3H3,(H3,24,25)(H,26,34)(H,27,33)(H,28,36)(H,29,35)(H,37,38). The Morgan fingerprint density at radius 2 is 1.53 bits per heavy atom. The minimum Gasteiger partial charge on any atom is -0.388 e. The monoisotopic (exact) mass is 541 g/mol. The van der Waals surface area contributed by atoms with Gasteiger partial charge in [0.05, 0.1) is 28.5 Å². The van der Waals surface area contributed by atoms with Crippen LogP contribution in [0.25, 0.3) is 0 Å². The molecule has 3 heterocycles. The summed E-state index contributed by atoms with van der Waals surface area (Å²) < 4.78 is 4.37. The normalized spacial score (nSPS) is 10.5. The van der Waals surface area contributed by atoms with Crippen molar-refractivity contribution in [1.29, 1.82) is 5.41 Å². The van der Waals surface area contributed by atoms with E-state index in [0.717, 1.165) is 0 Å². The van der Waals surface area contributed by atoms with Gasteiger partial charge in [-0.25, -0.2) is 0 Å². The molecule has 0 aromatic carbocycles. The lowest BCUT2D eigenvalue weighted by molar-refractivity contribution is -0.105. The zero-order chi connectivity index (χ0) is 28.1. The molecule has 0 radical (unpaired) electrons. The topological polar surface area (TPSA) is 198 Å². The Hall–Kier alpha value is -4.79. The predicted octanol–water partition coefficient (Wildman–Crippen LogP) is 0.901. The van der Waals surface area contributed by atoms with E-state index in [1.54, 1.807) is 14.1 Å². The minimum atomic E-state index is -0.750. The van der Waals surface area contributed by atoms with Crippen LogP contribution >= 0.6 is 12.6 Å². The van der Waals surface area contributed by atoms with Crippen LogP contribution in [-0.4, -0.2) is 55.3 Å². The van der Waals surface area contributed by atoms with E-state index in [1.807, 2.05) is 0 Å². The Labute approximate surface area is 222 Å². The summed E-state index contributed by atoms with van der Waals surface area (Å²) in [5.41, 5.74) is 6.31. The number of hydrogen-bond acceptors (Lipinski definition) is 6. The maximum Gasteiger partial charge on any atom is 0.273 e. The van der Waals surface area contributed by atoms with Crippen LogP contribution < -0.4 is 27.0 Å². The Kier molecular flexibility index (Phi) is 8.42. The number of amidine groups is 1. The average molecular weight is 542 g/mol. The molecule has 4 amide bonds. The van der Waals surface area contributed by atoms with Crippen molar-refractivity contribution in [2.45, 2.75) is 6.42 Å². The number of nitrogens with zero attached hydrogens (tertiary/aromatic N) is 3. The number of aromatic nitrogens is 3. The summed E-state index contributed by atoms with van der Waals surface area (Å²) in [4.78, 5) is 61.6.